The molecule has 2 N–H and O–H groups in total. The van der Waals surface area contributed by atoms with Crippen LogP contribution in [0.1, 0.15) is 27.2 Å². The lowest BCUT2D eigenvalue weighted by Gasteiger charge is -2.28. The molecule has 94 valence electrons. The van der Waals surface area contributed by atoms with E-state index in [0.717, 1.165) is 0 Å². The third-order valence-electron chi connectivity index (χ3n) is 2.56. The fourth-order valence-electron chi connectivity index (χ4n) is 1.40. The maximum absolute atomic E-state index is 12.0. The highest BCUT2D eigenvalue weighted by Crippen LogP contribution is 2.09. The zero-order valence-corrected chi connectivity index (χ0v) is 10.5. The molecule has 0 fully saturated rings. The minimum Gasteiger partial charge on any atom is -0.468 e. The molecule has 0 heterocycles. The number of methoxy groups -OCH3 is 1. The summed E-state index contributed by atoms with van der Waals surface area (Å²) in [6.07, 6.45) is 0.680. The van der Waals surface area contributed by atoms with Gasteiger partial charge in [0.05, 0.1) is 13.0 Å². The molecule has 0 radical (unpaired) electrons. The van der Waals surface area contributed by atoms with Crippen molar-refractivity contribution in [1.82, 2.24) is 4.90 Å². The van der Waals surface area contributed by atoms with Crippen LogP contribution in [-0.2, 0) is 14.3 Å². The second-order valence-electron chi connectivity index (χ2n) is 3.98. The van der Waals surface area contributed by atoms with Crippen LogP contribution < -0.4 is 5.73 Å². The molecule has 1 amide bonds. The first-order valence-corrected chi connectivity index (χ1v) is 5.55. The van der Waals surface area contributed by atoms with Crippen LogP contribution in [-0.4, -0.2) is 43.0 Å². The molecule has 0 saturated carbocycles. The van der Waals surface area contributed by atoms with Crippen molar-refractivity contribution >= 4 is 11.9 Å². The van der Waals surface area contributed by atoms with Crippen LogP contribution in [0, 0.1) is 5.92 Å². The van der Waals surface area contributed by atoms with Gasteiger partial charge in [-0.1, -0.05) is 6.92 Å². The third-order valence-corrected chi connectivity index (χ3v) is 2.56. The molecule has 0 aromatic rings. The van der Waals surface area contributed by atoms with Crippen molar-refractivity contribution in [2.75, 3.05) is 20.2 Å². The predicted molar refractivity (Wildman–Crippen MR) is 61.7 cm³/mol. The summed E-state index contributed by atoms with van der Waals surface area (Å²) in [5.74, 6) is -0.702. The molecule has 0 aliphatic carbocycles. The van der Waals surface area contributed by atoms with Crippen LogP contribution in [0.15, 0.2) is 0 Å². The lowest BCUT2D eigenvalue weighted by molar-refractivity contribution is -0.149. The fourth-order valence-corrected chi connectivity index (χ4v) is 1.40. The van der Waals surface area contributed by atoms with Gasteiger partial charge in [-0.3, -0.25) is 9.59 Å². The monoisotopic (exact) mass is 230 g/mol. The highest BCUT2D eigenvalue weighted by atomic mass is 16.5. The van der Waals surface area contributed by atoms with E-state index in [2.05, 4.69) is 4.74 Å². The zero-order valence-electron chi connectivity index (χ0n) is 10.5. The first-order chi connectivity index (χ1) is 7.47. The molecular formula is C11H22N2O3. The summed E-state index contributed by atoms with van der Waals surface area (Å²) in [5.41, 5.74) is 5.52. The normalized spacial score (nSPS) is 12.4. The Bertz CT molecular complexity index is 237. The maximum atomic E-state index is 12.0. The van der Waals surface area contributed by atoms with E-state index in [-0.39, 0.29) is 24.4 Å². The number of ether oxygens (including phenoxy) is 1. The van der Waals surface area contributed by atoms with Gasteiger partial charge in [0.2, 0.25) is 5.91 Å². The highest BCUT2D eigenvalue weighted by molar-refractivity contribution is 5.84. The smallest absolute Gasteiger partial charge is 0.325 e. The Labute approximate surface area is 96.9 Å². The first-order valence-electron chi connectivity index (χ1n) is 5.55. The number of amides is 1. The zero-order chi connectivity index (χ0) is 12.7. The van der Waals surface area contributed by atoms with Gasteiger partial charge in [-0.15, -0.1) is 0 Å². The molecule has 0 aromatic heterocycles. The van der Waals surface area contributed by atoms with Crippen molar-refractivity contribution in [2.45, 2.75) is 33.2 Å². The van der Waals surface area contributed by atoms with E-state index in [1.54, 1.807) is 0 Å². The van der Waals surface area contributed by atoms with E-state index in [1.807, 2.05) is 20.8 Å². The molecule has 1 unspecified atom stereocenters. The second kappa shape index (κ2) is 7.22. The Balaban J connectivity index is 4.64. The molecule has 0 aliphatic heterocycles. The number of nitrogens with two attached hydrogens (primary N) is 1. The van der Waals surface area contributed by atoms with Crippen molar-refractivity contribution < 1.29 is 14.3 Å². The minimum atomic E-state index is -0.408. The average Bonchev–Trinajstić information content (AvgIpc) is 2.26. The van der Waals surface area contributed by atoms with Crippen molar-refractivity contribution in [3.63, 3.8) is 0 Å². The van der Waals surface area contributed by atoms with Crippen LogP contribution in [0.3, 0.4) is 0 Å². The van der Waals surface area contributed by atoms with Gasteiger partial charge in [-0.05, 0) is 20.3 Å². The van der Waals surface area contributed by atoms with Crippen molar-refractivity contribution in [2.24, 2.45) is 11.7 Å². The molecule has 0 aliphatic rings. The largest absolute Gasteiger partial charge is 0.468 e. The quantitative estimate of drug-likeness (QED) is 0.670. The van der Waals surface area contributed by atoms with Crippen molar-refractivity contribution in [1.29, 1.82) is 0 Å². The van der Waals surface area contributed by atoms with Crippen molar-refractivity contribution in [3.8, 4) is 0 Å². The lowest BCUT2D eigenvalue weighted by Crippen LogP contribution is -2.45. The summed E-state index contributed by atoms with van der Waals surface area (Å²) in [6.45, 7) is 5.93. The lowest BCUT2D eigenvalue weighted by atomic mass is 10.0. The first kappa shape index (κ1) is 14.9. The molecular weight excluding hydrogens is 208 g/mol. The standard InChI is InChI=1S/C11H22N2O3/c1-5-9(6-12)11(15)13(8(2)3)7-10(14)16-4/h8-9H,5-7,12H2,1-4H3. The molecule has 5 nitrogen and oxygen atoms in total. The van der Waals surface area contributed by atoms with Crippen LogP contribution >= 0.6 is 0 Å². The Hall–Kier alpha value is -1.10. The Morgan fingerprint density at radius 2 is 1.94 bits per heavy atom. The van der Waals surface area contributed by atoms with Gasteiger partial charge in [0, 0.05) is 12.6 Å². The van der Waals surface area contributed by atoms with Crippen LogP contribution in [0.25, 0.3) is 0 Å². The van der Waals surface area contributed by atoms with Gasteiger partial charge in [-0.2, -0.15) is 0 Å². The molecule has 0 aromatic carbocycles. The summed E-state index contributed by atoms with van der Waals surface area (Å²) in [6, 6.07) is -0.0350. The fraction of sp³-hybridized carbons (Fsp3) is 0.818. The molecule has 0 rings (SSSR count). The van der Waals surface area contributed by atoms with Gasteiger partial charge >= 0.3 is 5.97 Å². The summed E-state index contributed by atoms with van der Waals surface area (Å²) in [5, 5.41) is 0. The number of hydrogen-bond donors (Lipinski definition) is 1. The Morgan fingerprint density at radius 1 is 1.38 bits per heavy atom. The van der Waals surface area contributed by atoms with Crippen LogP contribution in [0.5, 0.6) is 0 Å². The molecule has 0 saturated heterocycles. The molecule has 1 atom stereocenters. The summed E-state index contributed by atoms with van der Waals surface area (Å²) >= 11 is 0. The van der Waals surface area contributed by atoms with Gasteiger partial charge in [0.25, 0.3) is 0 Å². The van der Waals surface area contributed by atoms with E-state index < -0.39 is 5.97 Å². The molecule has 16 heavy (non-hydrogen) atoms. The van der Waals surface area contributed by atoms with E-state index in [4.69, 9.17) is 5.73 Å². The number of rotatable bonds is 6. The average molecular weight is 230 g/mol. The summed E-state index contributed by atoms with van der Waals surface area (Å²) in [7, 11) is 1.31. The second-order valence-corrected chi connectivity index (χ2v) is 3.98. The van der Waals surface area contributed by atoms with Gasteiger partial charge in [0.1, 0.15) is 6.54 Å². The van der Waals surface area contributed by atoms with E-state index in [1.165, 1.54) is 12.0 Å². The summed E-state index contributed by atoms with van der Waals surface area (Å²) < 4.78 is 4.56. The highest BCUT2D eigenvalue weighted by Gasteiger charge is 2.25. The van der Waals surface area contributed by atoms with E-state index in [0.29, 0.717) is 13.0 Å². The number of hydrogen-bond acceptors (Lipinski definition) is 4. The molecule has 0 bridgehead atoms. The van der Waals surface area contributed by atoms with E-state index in [9.17, 15) is 9.59 Å². The number of carbonyl (C=O) groups is 2. The minimum absolute atomic E-state index is 0.0104. The van der Waals surface area contributed by atoms with Gasteiger partial charge in [-0.25, -0.2) is 0 Å². The van der Waals surface area contributed by atoms with Crippen molar-refractivity contribution in [3.05, 3.63) is 0 Å². The van der Waals surface area contributed by atoms with Crippen LogP contribution in [0.2, 0.25) is 0 Å². The number of nitrogens with zero attached hydrogens (tertiary/aromatic N) is 1. The Kier molecular flexibility index (Phi) is 6.72. The number of carbonyl (C=O) groups excluding carboxylic acids is 2. The number of esters is 1. The van der Waals surface area contributed by atoms with Gasteiger partial charge in [0.15, 0.2) is 0 Å². The van der Waals surface area contributed by atoms with Crippen LogP contribution in [0.4, 0.5) is 0 Å². The third kappa shape index (κ3) is 4.18. The summed E-state index contributed by atoms with van der Waals surface area (Å²) in [4.78, 5) is 24.7. The van der Waals surface area contributed by atoms with Gasteiger partial charge < -0.3 is 15.4 Å². The SMILES string of the molecule is CCC(CN)C(=O)N(CC(=O)OC)C(C)C. The van der Waals surface area contributed by atoms with E-state index >= 15 is 0 Å². The molecule has 0 spiro atoms. The Morgan fingerprint density at radius 3 is 2.25 bits per heavy atom. The maximum Gasteiger partial charge on any atom is 0.325 e. The topological polar surface area (TPSA) is 72.6 Å². The molecule has 5 heteroatoms. The predicted octanol–water partition coefficient (Wildman–Crippen LogP) is 0.381.